The van der Waals surface area contributed by atoms with E-state index in [1.165, 1.54) is 0 Å². The maximum atomic E-state index is 13.2. The highest BCUT2D eigenvalue weighted by atomic mass is 16.1. The number of hydrogen-bond donors (Lipinski definition) is 0. The van der Waals surface area contributed by atoms with E-state index < -0.39 is 0 Å². The van der Waals surface area contributed by atoms with Gasteiger partial charge in [0.25, 0.3) is 0 Å². The molecular formula is C23H14N6O. The molecule has 7 nitrogen and oxygen atoms in total. The number of fused-ring (bicyclic) bond motifs is 1. The van der Waals surface area contributed by atoms with Gasteiger partial charge >= 0.3 is 0 Å². The van der Waals surface area contributed by atoms with Crippen LogP contribution in [-0.4, -0.2) is 5.78 Å². The highest BCUT2D eigenvalue weighted by molar-refractivity contribution is 6.51. The zero-order valence-corrected chi connectivity index (χ0v) is 15.7. The Morgan fingerprint density at radius 2 is 1.03 bits per heavy atom. The molecule has 0 saturated carbocycles. The molecule has 0 atom stereocenters. The highest BCUT2D eigenvalue weighted by Crippen LogP contribution is 2.39. The lowest BCUT2D eigenvalue weighted by Crippen LogP contribution is -1.94. The van der Waals surface area contributed by atoms with E-state index in [0.717, 1.165) is 22.3 Å². The van der Waals surface area contributed by atoms with Crippen LogP contribution in [0.2, 0.25) is 0 Å². The fourth-order valence-electron chi connectivity index (χ4n) is 3.34. The second kappa shape index (κ2) is 8.20. The third kappa shape index (κ3) is 3.70. The molecule has 142 valence electrons. The first-order valence-electron chi connectivity index (χ1n) is 9.08. The van der Waals surface area contributed by atoms with Crippen molar-refractivity contribution in [3.63, 3.8) is 0 Å². The number of hydrogen-bond acceptors (Lipinski definition) is 3. The van der Waals surface area contributed by atoms with Crippen molar-refractivity contribution >= 4 is 40.5 Å². The van der Waals surface area contributed by atoms with E-state index in [-0.39, 0.29) is 5.78 Å². The minimum Gasteiger partial charge on any atom is -0.289 e. The molecule has 1 aliphatic rings. The van der Waals surface area contributed by atoms with Gasteiger partial charge in [-0.25, -0.2) is 0 Å². The summed E-state index contributed by atoms with van der Waals surface area (Å²) in [6.45, 7) is 0. The Labute approximate surface area is 171 Å². The molecule has 0 heterocycles. The lowest BCUT2D eigenvalue weighted by atomic mass is 10.0. The van der Waals surface area contributed by atoms with Crippen molar-refractivity contribution in [3.05, 3.63) is 116 Å². The summed E-state index contributed by atoms with van der Waals surface area (Å²) in [4.78, 5) is 18.8. The van der Waals surface area contributed by atoms with Crippen molar-refractivity contribution in [1.82, 2.24) is 0 Å². The van der Waals surface area contributed by atoms with E-state index in [0.29, 0.717) is 22.5 Å². The lowest BCUT2D eigenvalue weighted by molar-refractivity contribution is -0.108. The van der Waals surface area contributed by atoms with Crippen LogP contribution in [0.25, 0.3) is 44.2 Å². The van der Waals surface area contributed by atoms with Crippen molar-refractivity contribution < 1.29 is 4.79 Å². The number of carbonyl (C=O) groups is 1. The largest absolute Gasteiger partial charge is 0.289 e. The van der Waals surface area contributed by atoms with Crippen LogP contribution in [-0.2, 0) is 4.79 Å². The summed E-state index contributed by atoms with van der Waals surface area (Å²) in [5.74, 6) is -0.0607. The van der Waals surface area contributed by atoms with E-state index in [1.807, 2.05) is 60.7 Å². The standard InChI is InChI=1S/C23H14N6O/c24-28-26-17-9-5-15(6-10-17)13-21-19-3-1-2-4-20(19)22(23(21)30)14-16-7-11-18(12-8-16)27-29-25/h1-14H/b21-13+,22-14+. The molecule has 0 spiro atoms. The van der Waals surface area contributed by atoms with Gasteiger partial charge in [-0.05, 0) is 45.5 Å². The number of ketones is 1. The van der Waals surface area contributed by atoms with Gasteiger partial charge in [-0.1, -0.05) is 83.0 Å². The second-order valence-corrected chi connectivity index (χ2v) is 6.55. The van der Waals surface area contributed by atoms with Gasteiger partial charge in [-0.2, -0.15) is 0 Å². The van der Waals surface area contributed by atoms with Gasteiger partial charge in [0.2, 0.25) is 0 Å². The molecule has 7 heteroatoms. The van der Waals surface area contributed by atoms with Crippen molar-refractivity contribution in [2.24, 2.45) is 10.2 Å². The maximum Gasteiger partial charge on any atom is 0.194 e. The van der Waals surface area contributed by atoms with Gasteiger partial charge < -0.3 is 0 Å². The summed E-state index contributed by atoms with van der Waals surface area (Å²) in [5.41, 5.74) is 22.7. The average Bonchev–Trinajstić information content (AvgIpc) is 3.03. The zero-order valence-electron chi connectivity index (χ0n) is 15.7. The van der Waals surface area contributed by atoms with Crippen LogP contribution < -0.4 is 0 Å². The van der Waals surface area contributed by atoms with Crippen LogP contribution in [0.5, 0.6) is 0 Å². The summed E-state index contributed by atoms with van der Waals surface area (Å²) < 4.78 is 0. The Kier molecular flexibility index (Phi) is 5.14. The smallest absolute Gasteiger partial charge is 0.194 e. The van der Waals surface area contributed by atoms with Gasteiger partial charge in [-0.3, -0.25) is 4.79 Å². The SMILES string of the molecule is [N-]=[N+]=Nc1ccc(/C=C2/C(=O)/C(=C/c3ccc(N=[N+]=[N-])cc3)c3ccccc32)cc1. The van der Waals surface area contributed by atoms with Crippen LogP contribution in [0.15, 0.2) is 83.0 Å². The zero-order chi connectivity index (χ0) is 20.9. The number of allylic oxidation sites excluding steroid dienone is 2. The lowest BCUT2D eigenvalue weighted by Gasteiger charge is -2.00. The van der Waals surface area contributed by atoms with Gasteiger partial charge in [0.1, 0.15) is 0 Å². The molecule has 30 heavy (non-hydrogen) atoms. The van der Waals surface area contributed by atoms with Crippen molar-refractivity contribution in [2.45, 2.75) is 0 Å². The first kappa shape index (κ1) is 18.8. The quantitative estimate of drug-likeness (QED) is 0.199. The molecule has 0 bridgehead atoms. The van der Waals surface area contributed by atoms with Gasteiger partial charge in [0.05, 0.1) is 0 Å². The van der Waals surface area contributed by atoms with E-state index in [9.17, 15) is 4.79 Å². The number of Topliss-reactive ketones (excluding diaryl/α,β-unsaturated/α-hetero) is 1. The van der Waals surface area contributed by atoms with Gasteiger partial charge in [-0.15, -0.1) is 0 Å². The molecule has 0 aliphatic heterocycles. The third-order valence-electron chi connectivity index (χ3n) is 4.73. The number of rotatable bonds is 4. The number of nitrogens with zero attached hydrogens (tertiary/aromatic N) is 6. The molecule has 4 rings (SSSR count). The summed E-state index contributed by atoms with van der Waals surface area (Å²) >= 11 is 0. The molecule has 3 aromatic carbocycles. The van der Waals surface area contributed by atoms with Crippen LogP contribution in [0, 0.1) is 0 Å². The van der Waals surface area contributed by atoms with Crippen molar-refractivity contribution in [2.75, 3.05) is 0 Å². The summed E-state index contributed by atoms with van der Waals surface area (Å²) in [6, 6.07) is 21.7. The fraction of sp³-hybridized carbons (Fsp3) is 0. The summed E-state index contributed by atoms with van der Waals surface area (Å²) in [6.07, 6.45) is 3.68. The first-order chi connectivity index (χ1) is 14.7. The Bertz CT molecular complexity index is 1190. The Balaban J connectivity index is 1.75. The van der Waals surface area contributed by atoms with E-state index in [2.05, 4.69) is 20.1 Å². The molecule has 0 unspecified atom stereocenters. The minimum atomic E-state index is -0.0607. The molecular weight excluding hydrogens is 376 g/mol. The van der Waals surface area contributed by atoms with Crippen molar-refractivity contribution in [1.29, 1.82) is 0 Å². The number of benzene rings is 3. The second-order valence-electron chi connectivity index (χ2n) is 6.55. The normalized spacial score (nSPS) is 14.9. The Hall–Kier alpha value is -4.57. The van der Waals surface area contributed by atoms with E-state index >= 15 is 0 Å². The third-order valence-corrected chi connectivity index (χ3v) is 4.73. The van der Waals surface area contributed by atoms with Crippen LogP contribution >= 0.6 is 0 Å². The maximum absolute atomic E-state index is 13.2. The average molecular weight is 390 g/mol. The van der Waals surface area contributed by atoms with Crippen LogP contribution in [0.1, 0.15) is 22.3 Å². The summed E-state index contributed by atoms with van der Waals surface area (Å²) in [7, 11) is 0. The van der Waals surface area contributed by atoms with Crippen LogP contribution in [0.3, 0.4) is 0 Å². The molecule has 0 fully saturated rings. The molecule has 0 saturated heterocycles. The minimum absolute atomic E-state index is 0.0607. The molecule has 0 amide bonds. The van der Waals surface area contributed by atoms with E-state index in [1.54, 1.807) is 24.3 Å². The number of azide groups is 2. The Morgan fingerprint density at radius 3 is 1.40 bits per heavy atom. The van der Waals surface area contributed by atoms with Crippen LogP contribution in [0.4, 0.5) is 11.4 Å². The number of carbonyl (C=O) groups excluding carboxylic acids is 1. The topological polar surface area (TPSA) is 115 Å². The summed E-state index contributed by atoms with van der Waals surface area (Å²) in [5, 5.41) is 7.13. The monoisotopic (exact) mass is 390 g/mol. The molecule has 1 aliphatic carbocycles. The first-order valence-corrected chi connectivity index (χ1v) is 9.08. The molecule has 0 N–H and O–H groups in total. The van der Waals surface area contributed by atoms with Gasteiger partial charge in [0.15, 0.2) is 5.78 Å². The fourth-order valence-corrected chi connectivity index (χ4v) is 3.34. The van der Waals surface area contributed by atoms with Gasteiger partial charge in [0, 0.05) is 32.3 Å². The Morgan fingerprint density at radius 1 is 0.633 bits per heavy atom. The molecule has 3 aromatic rings. The van der Waals surface area contributed by atoms with Crippen molar-refractivity contribution in [3.8, 4) is 0 Å². The van der Waals surface area contributed by atoms with E-state index in [4.69, 9.17) is 11.1 Å². The molecule has 0 radical (unpaired) electrons. The predicted octanol–water partition coefficient (Wildman–Crippen LogP) is 7.23. The predicted molar refractivity (Wildman–Crippen MR) is 118 cm³/mol. The molecule has 0 aromatic heterocycles. The highest BCUT2D eigenvalue weighted by Gasteiger charge is 2.29.